The lowest BCUT2D eigenvalue weighted by atomic mass is 10.2. The summed E-state index contributed by atoms with van der Waals surface area (Å²) in [5.41, 5.74) is 6.75. The molecule has 0 spiro atoms. The average molecular weight is 359 g/mol. The molecule has 2 heterocycles. The molecule has 8 nitrogen and oxygen atoms in total. The number of methoxy groups -OCH3 is 2. The molecule has 136 valence electrons. The fourth-order valence-corrected chi connectivity index (χ4v) is 2.59. The number of nitrogens with one attached hydrogen (secondary N) is 1. The van der Waals surface area contributed by atoms with E-state index in [1.807, 2.05) is 6.07 Å². The van der Waals surface area contributed by atoms with E-state index in [1.165, 1.54) is 7.11 Å². The van der Waals surface area contributed by atoms with Crippen LogP contribution in [0, 0.1) is 5.82 Å². The summed E-state index contributed by atoms with van der Waals surface area (Å²) in [4.78, 5) is 15.4. The van der Waals surface area contributed by atoms with E-state index in [-0.39, 0.29) is 11.4 Å². The molecule has 0 fully saturated rings. The van der Waals surface area contributed by atoms with Gasteiger partial charge >= 0.3 is 0 Å². The quantitative estimate of drug-likeness (QED) is 0.669. The third-order valence-electron chi connectivity index (χ3n) is 3.80. The molecule has 2 aromatic heterocycles. The van der Waals surface area contributed by atoms with Crippen molar-refractivity contribution < 1.29 is 18.7 Å². The maximum Gasteiger partial charge on any atom is 0.252 e. The lowest BCUT2D eigenvalue weighted by Crippen LogP contribution is -2.14. The molecule has 3 aromatic rings. The van der Waals surface area contributed by atoms with Crippen LogP contribution in [-0.2, 0) is 11.3 Å². The van der Waals surface area contributed by atoms with E-state index in [9.17, 15) is 9.18 Å². The number of fused-ring (bicyclic) bond motifs is 1. The molecule has 0 aliphatic rings. The minimum Gasteiger partial charge on any atom is -0.479 e. The molecule has 0 aliphatic carbocycles. The van der Waals surface area contributed by atoms with E-state index >= 15 is 0 Å². The number of carbonyl (C=O) groups excluding carboxylic acids is 1. The van der Waals surface area contributed by atoms with Gasteiger partial charge in [0.2, 0.25) is 5.88 Å². The van der Waals surface area contributed by atoms with Crippen LogP contribution in [-0.4, -0.2) is 41.5 Å². The highest BCUT2D eigenvalue weighted by Crippen LogP contribution is 2.29. The van der Waals surface area contributed by atoms with E-state index in [4.69, 9.17) is 15.2 Å². The predicted molar refractivity (Wildman–Crippen MR) is 94.2 cm³/mol. The summed E-state index contributed by atoms with van der Waals surface area (Å²) in [6, 6.07) is 6.50. The second-order valence-corrected chi connectivity index (χ2v) is 5.50. The van der Waals surface area contributed by atoms with Crippen LogP contribution in [0.2, 0.25) is 0 Å². The van der Waals surface area contributed by atoms with Gasteiger partial charge in [-0.1, -0.05) is 0 Å². The average Bonchev–Trinajstić information content (AvgIpc) is 2.98. The topological polar surface area (TPSA) is 104 Å². The smallest absolute Gasteiger partial charge is 0.252 e. The van der Waals surface area contributed by atoms with Crippen molar-refractivity contribution in [3.05, 3.63) is 41.8 Å². The first-order valence-electron chi connectivity index (χ1n) is 7.79. The molecule has 1 aromatic carbocycles. The molecule has 9 heteroatoms. The van der Waals surface area contributed by atoms with Crippen LogP contribution >= 0.6 is 0 Å². The zero-order valence-corrected chi connectivity index (χ0v) is 14.3. The Hall–Kier alpha value is -3.20. The molecule has 1 amide bonds. The molecular weight excluding hydrogens is 341 g/mol. The molecule has 3 N–H and O–H groups in total. The molecule has 0 radical (unpaired) electrons. The second-order valence-electron chi connectivity index (χ2n) is 5.50. The van der Waals surface area contributed by atoms with Gasteiger partial charge < -0.3 is 20.5 Å². The van der Waals surface area contributed by atoms with Crippen LogP contribution < -0.4 is 15.8 Å². The summed E-state index contributed by atoms with van der Waals surface area (Å²) >= 11 is 0. The third kappa shape index (κ3) is 3.42. The number of anilines is 2. The van der Waals surface area contributed by atoms with Gasteiger partial charge in [-0.15, -0.1) is 5.10 Å². The highest BCUT2D eigenvalue weighted by atomic mass is 19.1. The van der Waals surface area contributed by atoms with Crippen LogP contribution in [0.15, 0.2) is 30.5 Å². The van der Waals surface area contributed by atoms with E-state index in [0.717, 1.165) is 23.2 Å². The van der Waals surface area contributed by atoms with Gasteiger partial charge in [0.25, 0.3) is 5.91 Å². The SMILES string of the molecule is COCCn1nc(OC)c2cc(Nc3ncc(F)cc3C(N)=O)ccc21. The van der Waals surface area contributed by atoms with Gasteiger partial charge in [-0.05, 0) is 24.3 Å². The highest BCUT2D eigenvalue weighted by Gasteiger charge is 2.14. The maximum absolute atomic E-state index is 13.3. The zero-order valence-electron chi connectivity index (χ0n) is 14.3. The van der Waals surface area contributed by atoms with Crippen LogP contribution in [0.4, 0.5) is 15.9 Å². The maximum atomic E-state index is 13.3. The molecule has 0 saturated carbocycles. The number of rotatable bonds is 7. The Morgan fingerprint density at radius 1 is 1.35 bits per heavy atom. The number of ether oxygens (including phenoxy) is 2. The molecule has 0 aliphatic heterocycles. The van der Waals surface area contributed by atoms with Gasteiger partial charge in [0.15, 0.2) is 0 Å². The van der Waals surface area contributed by atoms with Gasteiger partial charge in [-0.25, -0.2) is 9.37 Å². The van der Waals surface area contributed by atoms with Crippen molar-refractivity contribution in [2.24, 2.45) is 5.73 Å². The Morgan fingerprint density at radius 2 is 2.15 bits per heavy atom. The van der Waals surface area contributed by atoms with Crippen molar-refractivity contribution in [2.75, 3.05) is 26.1 Å². The predicted octanol–water partition coefficient (Wildman–Crippen LogP) is 2.07. The van der Waals surface area contributed by atoms with Gasteiger partial charge in [0, 0.05) is 12.8 Å². The molecule has 26 heavy (non-hydrogen) atoms. The van der Waals surface area contributed by atoms with Crippen molar-refractivity contribution in [3.8, 4) is 5.88 Å². The standard InChI is InChI=1S/C17H18FN5O3/c1-25-6-5-23-14-4-3-11(8-12(14)17(22-23)26-2)21-16-13(15(19)24)7-10(18)9-20-16/h3-4,7-9H,5-6H2,1-2H3,(H2,19,24)(H,20,21). The molecule has 0 unspecified atom stereocenters. The summed E-state index contributed by atoms with van der Waals surface area (Å²) in [5, 5.41) is 8.15. The van der Waals surface area contributed by atoms with Crippen molar-refractivity contribution in [2.45, 2.75) is 6.54 Å². The Kier molecular flexibility index (Phi) is 4.99. The second kappa shape index (κ2) is 7.36. The Labute approximate surface area is 148 Å². The first kappa shape index (κ1) is 17.6. The van der Waals surface area contributed by atoms with E-state index < -0.39 is 11.7 Å². The largest absolute Gasteiger partial charge is 0.479 e. The lowest BCUT2D eigenvalue weighted by molar-refractivity contribution is 0.100. The fraction of sp³-hybridized carbons (Fsp3) is 0.235. The van der Waals surface area contributed by atoms with Gasteiger partial charge in [-0.3, -0.25) is 9.48 Å². The normalized spacial score (nSPS) is 10.9. The zero-order chi connectivity index (χ0) is 18.7. The number of nitrogens with two attached hydrogens (primary N) is 1. The molecule has 0 bridgehead atoms. The van der Waals surface area contributed by atoms with Crippen LogP contribution in [0.1, 0.15) is 10.4 Å². The number of primary amides is 1. The van der Waals surface area contributed by atoms with Gasteiger partial charge in [0.05, 0.1) is 42.9 Å². The van der Waals surface area contributed by atoms with Crippen LogP contribution in [0.5, 0.6) is 5.88 Å². The molecular formula is C17H18FN5O3. The number of aromatic nitrogens is 3. The number of amides is 1. The third-order valence-corrected chi connectivity index (χ3v) is 3.80. The van der Waals surface area contributed by atoms with Crippen molar-refractivity contribution in [3.63, 3.8) is 0 Å². The molecule has 3 rings (SSSR count). The molecule has 0 atom stereocenters. The van der Waals surface area contributed by atoms with E-state index in [1.54, 1.807) is 23.9 Å². The van der Waals surface area contributed by atoms with Crippen LogP contribution in [0.25, 0.3) is 10.9 Å². The number of benzene rings is 1. The van der Waals surface area contributed by atoms with Gasteiger partial charge in [0.1, 0.15) is 11.6 Å². The number of hydrogen-bond acceptors (Lipinski definition) is 6. The first-order chi connectivity index (χ1) is 12.5. The summed E-state index contributed by atoms with van der Waals surface area (Å²) in [5.74, 6) is -0.780. The van der Waals surface area contributed by atoms with E-state index in [0.29, 0.717) is 24.7 Å². The summed E-state index contributed by atoms with van der Waals surface area (Å²) in [7, 11) is 3.16. The van der Waals surface area contributed by atoms with E-state index in [2.05, 4.69) is 15.4 Å². The molecule has 0 saturated heterocycles. The number of hydrogen-bond donors (Lipinski definition) is 2. The monoisotopic (exact) mass is 359 g/mol. The first-order valence-corrected chi connectivity index (χ1v) is 7.79. The summed E-state index contributed by atoms with van der Waals surface area (Å²) < 4.78 is 25.5. The minimum absolute atomic E-state index is 0.0344. The van der Waals surface area contributed by atoms with Gasteiger partial charge in [-0.2, -0.15) is 0 Å². The number of nitrogens with zero attached hydrogens (tertiary/aromatic N) is 3. The van der Waals surface area contributed by atoms with Crippen molar-refractivity contribution in [1.82, 2.24) is 14.8 Å². The summed E-state index contributed by atoms with van der Waals surface area (Å²) in [6.07, 6.45) is 1.01. The Morgan fingerprint density at radius 3 is 2.85 bits per heavy atom. The fourth-order valence-electron chi connectivity index (χ4n) is 2.59. The van der Waals surface area contributed by atoms with Crippen LogP contribution in [0.3, 0.4) is 0 Å². The Balaban J connectivity index is 1.98. The lowest BCUT2D eigenvalue weighted by Gasteiger charge is -2.09. The Bertz CT molecular complexity index is 957. The van der Waals surface area contributed by atoms with Crippen molar-refractivity contribution in [1.29, 1.82) is 0 Å². The minimum atomic E-state index is -0.773. The summed E-state index contributed by atoms with van der Waals surface area (Å²) in [6.45, 7) is 1.09. The number of halogens is 1. The highest BCUT2D eigenvalue weighted by molar-refractivity contribution is 5.98. The van der Waals surface area contributed by atoms with Crippen molar-refractivity contribution >= 4 is 28.3 Å². The number of carbonyl (C=O) groups is 1. The number of pyridine rings is 1.